The zero-order valence-corrected chi connectivity index (χ0v) is 13.7. The van der Waals surface area contributed by atoms with Crippen molar-refractivity contribution in [2.24, 2.45) is 5.92 Å². The molecule has 1 aromatic heterocycles. The van der Waals surface area contributed by atoms with E-state index >= 15 is 0 Å². The first-order valence-corrected chi connectivity index (χ1v) is 8.72. The van der Waals surface area contributed by atoms with Crippen LogP contribution >= 0.6 is 0 Å². The molecule has 0 bridgehead atoms. The van der Waals surface area contributed by atoms with Gasteiger partial charge in [-0.3, -0.25) is 0 Å². The molecule has 118 valence electrons. The smallest absolute Gasteiger partial charge is 0.131 e. The highest BCUT2D eigenvalue weighted by molar-refractivity contribution is 5.07. The monoisotopic (exact) mass is 290 g/mol. The lowest BCUT2D eigenvalue weighted by Gasteiger charge is -2.27. The number of nitrogens with zero attached hydrogens (tertiary/aromatic N) is 2. The van der Waals surface area contributed by atoms with Crippen LogP contribution in [0.4, 0.5) is 0 Å². The molecule has 0 spiro atoms. The maximum Gasteiger partial charge on any atom is 0.131 e. The number of hydrogen-bond acceptors (Lipinski definition) is 3. The molecule has 1 aromatic rings. The van der Waals surface area contributed by atoms with Gasteiger partial charge in [-0.1, -0.05) is 33.1 Å². The Labute approximate surface area is 129 Å². The van der Waals surface area contributed by atoms with Crippen molar-refractivity contribution in [2.75, 3.05) is 6.61 Å². The average Bonchev–Trinajstić information content (AvgIpc) is 2.54. The minimum Gasteiger partial charge on any atom is -0.377 e. The fraction of sp³-hybridized carbons (Fsp3) is 0.778. The fourth-order valence-corrected chi connectivity index (χ4v) is 3.19. The Balaban J connectivity index is 1.78. The number of ether oxygens (including phenoxy) is 1. The summed E-state index contributed by atoms with van der Waals surface area (Å²) in [7, 11) is 0. The fourth-order valence-electron chi connectivity index (χ4n) is 3.19. The SMILES string of the molecule is CCCC[C@H]1CC[C@H](c2ncc(COCCC)cn2)CC1. The Hall–Kier alpha value is -0.960. The van der Waals surface area contributed by atoms with Gasteiger partial charge < -0.3 is 4.74 Å². The summed E-state index contributed by atoms with van der Waals surface area (Å²) >= 11 is 0. The Morgan fingerprint density at radius 2 is 1.76 bits per heavy atom. The van der Waals surface area contributed by atoms with Crippen molar-refractivity contribution in [1.29, 1.82) is 0 Å². The summed E-state index contributed by atoms with van der Waals surface area (Å²) in [5, 5.41) is 0. The zero-order chi connectivity index (χ0) is 14.9. The summed E-state index contributed by atoms with van der Waals surface area (Å²) in [6, 6.07) is 0. The van der Waals surface area contributed by atoms with E-state index in [1.807, 2.05) is 12.4 Å². The molecule has 3 heteroatoms. The predicted octanol–water partition coefficient (Wildman–Crippen LogP) is 4.87. The largest absolute Gasteiger partial charge is 0.377 e. The van der Waals surface area contributed by atoms with Crippen LogP contribution in [0.1, 0.15) is 82.5 Å². The number of unbranched alkanes of at least 4 members (excludes halogenated alkanes) is 1. The molecule has 0 aromatic carbocycles. The summed E-state index contributed by atoms with van der Waals surface area (Å²) in [4.78, 5) is 9.15. The average molecular weight is 290 g/mol. The zero-order valence-electron chi connectivity index (χ0n) is 13.7. The van der Waals surface area contributed by atoms with Crippen LogP contribution < -0.4 is 0 Å². The normalized spacial score (nSPS) is 22.4. The van der Waals surface area contributed by atoms with Gasteiger partial charge in [-0.15, -0.1) is 0 Å². The van der Waals surface area contributed by atoms with Crippen LogP contribution in [0, 0.1) is 5.92 Å². The van der Waals surface area contributed by atoms with Crippen LogP contribution in [0.25, 0.3) is 0 Å². The Morgan fingerprint density at radius 1 is 1.05 bits per heavy atom. The third kappa shape index (κ3) is 5.39. The summed E-state index contributed by atoms with van der Waals surface area (Å²) in [5.41, 5.74) is 1.09. The second-order valence-corrected chi connectivity index (χ2v) is 6.36. The van der Waals surface area contributed by atoms with Gasteiger partial charge in [-0.25, -0.2) is 9.97 Å². The first-order valence-electron chi connectivity index (χ1n) is 8.72. The van der Waals surface area contributed by atoms with Crippen LogP contribution in [-0.4, -0.2) is 16.6 Å². The lowest BCUT2D eigenvalue weighted by molar-refractivity contribution is 0.121. The summed E-state index contributed by atoms with van der Waals surface area (Å²) in [6.07, 6.45) is 14.3. The third-order valence-electron chi connectivity index (χ3n) is 4.52. The van der Waals surface area contributed by atoms with Crippen LogP contribution in [-0.2, 0) is 11.3 Å². The van der Waals surface area contributed by atoms with Gasteiger partial charge in [-0.05, 0) is 38.0 Å². The standard InChI is InChI=1S/C18H30N2O/c1-3-5-6-15-7-9-17(10-8-15)18-19-12-16(13-20-18)14-21-11-4-2/h12-13,15,17H,3-11,14H2,1-2H3/t15-,17-. The Bertz CT molecular complexity index is 383. The maximum atomic E-state index is 5.53. The molecular weight excluding hydrogens is 260 g/mol. The van der Waals surface area contributed by atoms with E-state index in [2.05, 4.69) is 23.8 Å². The van der Waals surface area contributed by atoms with Gasteiger partial charge in [0.05, 0.1) is 6.61 Å². The Morgan fingerprint density at radius 3 is 2.38 bits per heavy atom. The summed E-state index contributed by atoms with van der Waals surface area (Å²) in [5.74, 6) is 2.57. The second-order valence-electron chi connectivity index (χ2n) is 6.36. The number of aromatic nitrogens is 2. The number of hydrogen-bond donors (Lipinski definition) is 0. The van der Waals surface area contributed by atoms with E-state index in [0.717, 1.165) is 30.3 Å². The molecular formula is C18H30N2O. The lowest BCUT2D eigenvalue weighted by Crippen LogP contribution is -2.15. The molecule has 0 radical (unpaired) electrons. The van der Waals surface area contributed by atoms with E-state index < -0.39 is 0 Å². The van der Waals surface area contributed by atoms with Crippen molar-refractivity contribution in [3.63, 3.8) is 0 Å². The molecule has 0 atom stereocenters. The van der Waals surface area contributed by atoms with E-state index in [1.165, 1.54) is 44.9 Å². The second kappa shape index (κ2) is 9.14. The minimum atomic E-state index is 0.577. The van der Waals surface area contributed by atoms with Crippen molar-refractivity contribution in [1.82, 2.24) is 9.97 Å². The van der Waals surface area contributed by atoms with Gasteiger partial charge in [0.1, 0.15) is 5.82 Å². The molecule has 0 saturated heterocycles. The molecule has 0 N–H and O–H groups in total. The van der Waals surface area contributed by atoms with Crippen LogP contribution in [0.2, 0.25) is 0 Å². The van der Waals surface area contributed by atoms with Gasteiger partial charge in [0.15, 0.2) is 0 Å². The first-order chi connectivity index (χ1) is 10.3. The topological polar surface area (TPSA) is 35.0 Å². The van der Waals surface area contributed by atoms with Crippen LogP contribution in [0.15, 0.2) is 12.4 Å². The van der Waals surface area contributed by atoms with E-state index in [1.54, 1.807) is 0 Å². The van der Waals surface area contributed by atoms with Crippen molar-refractivity contribution in [3.8, 4) is 0 Å². The molecule has 3 nitrogen and oxygen atoms in total. The highest BCUT2D eigenvalue weighted by Gasteiger charge is 2.23. The van der Waals surface area contributed by atoms with Crippen molar-refractivity contribution in [2.45, 2.75) is 77.7 Å². The van der Waals surface area contributed by atoms with Gasteiger partial charge in [0, 0.05) is 30.5 Å². The highest BCUT2D eigenvalue weighted by Crippen LogP contribution is 2.36. The van der Waals surface area contributed by atoms with E-state index in [-0.39, 0.29) is 0 Å². The highest BCUT2D eigenvalue weighted by atomic mass is 16.5. The molecule has 2 rings (SSSR count). The molecule has 0 aliphatic heterocycles. The summed E-state index contributed by atoms with van der Waals surface area (Å²) < 4.78 is 5.53. The van der Waals surface area contributed by atoms with Gasteiger partial charge in [0.2, 0.25) is 0 Å². The molecule has 21 heavy (non-hydrogen) atoms. The first kappa shape index (κ1) is 16.4. The molecule has 0 unspecified atom stereocenters. The van der Waals surface area contributed by atoms with E-state index in [4.69, 9.17) is 4.74 Å². The minimum absolute atomic E-state index is 0.577. The number of rotatable bonds is 8. The van der Waals surface area contributed by atoms with E-state index in [0.29, 0.717) is 12.5 Å². The van der Waals surface area contributed by atoms with Gasteiger partial charge >= 0.3 is 0 Å². The van der Waals surface area contributed by atoms with Gasteiger partial charge in [0.25, 0.3) is 0 Å². The van der Waals surface area contributed by atoms with Crippen LogP contribution in [0.3, 0.4) is 0 Å². The molecule has 1 fully saturated rings. The lowest BCUT2D eigenvalue weighted by atomic mass is 9.79. The van der Waals surface area contributed by atoms with Crippen molar-refractivity contribution < 1.29 is 4.74 Å². The quantitative estimate of drug-likeness (QED) is 0.641. The predicted molar refractivity (Wildman–Crippen MR) is 86.2 cm³/mol. The summed E-state index contributed by atoms with van der Waals surface area (Å²) in [6.45, 7) is 5.85. The van der Waals surface area contributed by atoms with Crippen molar-refractivity contribution in [3.05, 3.63) is 23.8 Å². The van der Waals surface area contributed by atoms with Gasteiger partial charge in [-0.2, -0.15) is 0 Å². The maximum absolute atomic E-state index is 5.53. The molecule has 1 aliphatic rings. The third-order valence-corrected chi connectivity index (χ3v) is 4.52. The Kier molecular flexibility index (Phi) is 7.14. The molecule has 1 saturated carbocycles. The molecule has 1 heterocycles. The van der Waals surface area contributed by atoms with E-state index in [9.17, 15) is 0 Å². The van der Waals surface area contributed by atoms with Crippen molar-refractivity contribution >= 4 is 0 Å². The van der Waals surface area contributed by atoms with Crippen LogP contribution in [0.5, 0.6) is 0 Å². The molecule has 1 aliphatic carbocycles. The molecule has 0 amide bonds.